The van der Waals surface area contributed by atoms with Crippen LogP contribution in [-0.4, -0.2) is 63.6 Å². The van der Waals surface area contributed by atoms with E-state index in [0.717, 1.165) is 42.0 Å². The van der Waals surface area contributed by atoms with E-state index in [1.807, 2.05) is 12.1 Å². The van der Waals surface area contributed by atoms with Gasteiger partial charge in [0.15, 0.2) is 5.52 Å². The van der Waals surface area contributed by atoms with Gasteiger partial charge in [-0.1, -0.05) is 0 Å². The second-order valence-corrected chi connectivity index (χ2v) is 7.28. The Kier molecular flexibility index (Phi) is 5.32. The number of amides is 1. The van der Waals surface area contributed by atoms with Gasteiger partial charge in [-0.15, -0.1) is 0 Å². The predicted octanol–water partition coefficient (Wildman–Crippen LogP) is -0.301. The lowest BCUT2D eigenvalue weighted by atomic mass is 10.2. The number of rotatable bonds is 4. The number of aromatic amines is 1. The minimum Gasteiger partial charge on any atom is -0.368 e. The van der Waals surface area contributed by atoms with Gasteiger partial charge in [0.25, 0.3) is 11.5 Å². The molecule has 10 nitrogen and oxygen atoms in total. The zero-order valence-corrected chi connectivity index (χ0v) is 16.9. The average molecular weight is 409 g/mol. The maximum Gasteiger partial charge on any atom is 0.328 e. The lowest BCUT2D eigenvalue weighted by Gasteiger charge is -2.36. The summed E-state index contributed by atoms with van der Waals surface area (Å²) in [6, 6.07) is 5.46. The Morgan fingerprint density at radius 3 is 2.57 bits per heavy atom. The molecule has 0 unspecified atom stereocenters. The average Bonchev–Trinajstić information content (AvgIpc) is 2.77. The van der Waals surface area contributed by atoms with Crippen LogP contribution in [0.25, 0.3) is 11.0 Å². The number of hydrogen-bond acceptors (Lipinski definition) is 7. The molecule has 10 heteroatoms. The highest BCUT2D eigenvalue weighted by Gasteiger charge is 2.18. The van der Waals surface area contributed by atoms with Crippen molar-refractivity contribution >= 4 is 22.6 Å². The molecule has 30 heavy (non-hydrogen) atoms. The van der Waals surface area contributed by atoms with Gasteiger partial charge in [0.2, 0.25) is 0 Å². The lowest BCUT2D eigenvalue weighted by Crippen LogP contribution is -2.46. The van der Waals surface area contributed by atoms with Gasteiger partial charge in [0, 0.05) is 53.0 Å². The Bertz CT molecular complexity index is 1190. The summed E-state index contributed by atoms with van der Waals surface area (Å²) in [5.74, 6) is -0.199. The van der Waals surface area contributed by atoms with E-state index in [9.17, 15) is 14.4 Å². The Morgan fingerprint density at radius 2 is 1.90 bits per heavy atom. The fraction of sp³-hybridized carbons (Fsp3) is 0.350. The van der Waals surface area contributed by atoms with Crippen molar-refractivity contribution in [2.45, 2.75) is 6.54 Å². The zero-order chi connectivity index (χ0) is 21.3. The van der Waals surface area contributed by atoms with Crippen LogP contribution in [0.4, 0.5) is 5.69 Å². The standard InChI is InChI=1S/C20H23N7O3/c1-21-18(28)15-4-3-14(11-22-15)27-7-5-26(6-8-27)12-13-9-16-17(23-10-13)19(29)25(2)20(30)24-16/h3-4,9-11H,5-8,12H2,1-2H3,(H,21,28)(H,24,30). The van der Waals surface area contributed by atoms with Crippen LogP contribution < -0.4 is 21.5 Å². The van der Waals surface area contributed by atoms with Crippen LogP contribution in [0.2, 0.25) is 0 Å². The molecular weight excluding hydrogens is 386 g/mol. The molecule has 0 aromatic carbocycles. The summed E-state index contributed by atoms with van der Waals surface area (Å²) in [6.07, 6.45) is 3.42. The van der Waals surface area contributed by atoms with Crippen LogP contribution in [0.1, 0.15) is 16.1 Å². The van der Waals surface area contributed by atoms with Gasteiger partial charge in [-0.25, -0.2) is 14.8 Å². The zero-order valence-electron chi connectivity index (χ0n) is 16.9. The largest absolute Gasteiger partial charge is 0.368 e. The third-order valence-corrected chi connectivity index (χ3v) is 5.35. The van der Waals surface area contributed by atoms with Gasteiger partial charge < -0.3 is 15.2 Å². The number of pyridine rings is 2. The summed E-state index contributed by atoms with van der Waals surface area (Å²) in [6.45, 7) is 4.05. The molecule has 0 bridgehead atoms. The van der Waals surface area contributed by atoms with Crippen molar-refractivity contribution in [3.8, 4) is 0 Å². The van der Waals surface area contributed by atoms with Crippen LogP contribution in [0.15, 0.2) is 40.2 Å². The van der Waals surface area contributed by atoms with E-state index >= 15 is 0 Å². The molecule has 2 N–H and O–H groups in total. The summed E-state index contributed by atoms with van der Waals surface area (Å²) >= 11 is 0. The lowest BCUT2D eigenvalue weighted by molar-refractivity contribution is 0.0958. The van der Waals surface area contributed by atoms with E-state index in [1.54, 1.807) is 25.5 Å². The maximum atomic E-state index is 12.1. The first-order valence-electron chi connectivity index (χ1n) is 9.69. The van der Waals surface area contributed by atoms with Gasteiger partial charge in [-0.05, 0) is 23.8 Å². The van der Waals surface area contributed by atoms with Gasteiger partial charge in [0.05, 0.1) is 17.4 Å². The molecule has 1 fully saturated rings. The molecule has 1 aliphatic rings. The van der Waals surface area contributed by atoms with Gasteiger partial charge in [-0.3, -0.25) is 19.1 Å². The first-order valence-corrected chi connectivity index (χ1v) is 9.69. The molecule has 4 heterocycles. The van der Waals surface area contributed by atoms with Gasteiger partial charge >= 0.3 is 5.69 Å². The van der Waals surface area contributed by atoms with Crippen molar-refractivity contribution in [2.75, 3.05) is 38.1 Å². The van der Waals surface area contributed by atoms with E-state index in [-0.39, 0.29) is 11.4 Å². The number of H-pyrrole nitrogens is 1. The molecule has 3 aromatic heterocycles. The Hall–Kier alpha value is -3.53. The smallest absolute Gasteiger partial charge is 0.328 e. The van der Waals surface area contributed by atoms with E-state index < -0.39 is 11.2 Å². The highest BCUT2D eigenvalue weighted by atomic mass is 16.2. The van der Waals surface area contributed by atoms with Crippen LogP contribution in [0.5, 0.6) is 0 Å². The molecule has 0 spiro atoms. The van der Waals surface area contributed by atoms with Crippen LogP contribution >= 0.6 is 0 Å². The monoisotopic (exact) mass is 409 g/mol. The Labute approximate surface area is 172 Å². The first kappa shape index (κ1) is 19.8. The normalized spacial score (nSPS) is 14.8. The van der Waals surface area contributed by atoms with E-state index in [0.29, 0.717) is 17.8 Å². The number of piperazine rings is 1. The number of nitrogens with zero attached hydrogens (tertiary/aromatic N) is 5. The molecule has 1 amide bonds. The summed E-state index contributed by atoms with van der Waals surface area (Å²) < 4.78 is 1.02. The Balaban J connectivity index is 1.41. The van der Waals surface area contributed by atoms with E-state index in [4.69, 9.17) is 0 Å². The van der Waals surface area contributed by atoms with Crippen LogP contribution in [0.3, 0.4) is 0 Å². The van der Waals surface area contributed by atoms with Crippen LogP contribution in [0, 0.1) is 0 Å². The molecule has 0 aliphatic carbocycles. The topological polar surface area (TPSA) is 116 Å². The molecule has 0 saturated carbocycles. The number of nitrogens with one attached hydrogen (secondary N) is 2. The molecule has 0 atom stereocenters. The first-order chi connectivity index (χ1) is 14.5. The fourth-order valence-electron chi connectivity index (χ4n) is 3.57. The maximum absolute atomic E-state index is 12.1. The summed E-state index contributed by atoms with van der Waals surface area (Å²) in [7, 11) is 3.01. The molecule has 1 aliphatic heterocycles. The van der Waals surface area contributed by atoms with Crippen molar-refractivity contribution in [2.24, 2.45) is 7.05 Å². The number of anilines is 1. The molecule has 1 saturated heterocycles. The second-order valence-electron chi connectivity index (χ2n) is 7.28. The van der Waals surface area contributed by atoms with Gasteiger partial charge in [-0.2, -0.15) is 0 Å². The van der Waals surface area contributed by atoms with Gasteiger partial charge in [0.1, 0.15) is 5.69 Å². The number of hydrogen-bond donors (Lipinski definition) is 2. The fourth-order valence-corrected chi connectivity index (χ4v) is 3.57. The molecule has 4 rings (SSSR count). The highest BCUT2D eigenvalue weighted by molar-refractivity contribution is 5.92. The van der Waals surface area contributed by atoms with E-state index in [1.165, 1.54) is 7.05 Å². The number of aromatic nitrogens is 4. The van der Waals surface area contributed by atoms with Crippen molar-refractivity contribution in [1.29, 1.82) is 0 Å². The van der Waals surface area contributed by atoms with Crippen molar-refractivity contribution in [1.82, 2.24) is 29.7 Å². The summed E-state index contributed by atoms with van der Waals surface area (Å²) in [5, 5.41) is 2.56. The van der Waals surface area contributed by atoms with Crippen LogP contribution in [-0.2, 0) is 13.6 Å². The summed E-state index contributed by atoms with van der Waals surface area (Å²) in [5.41, 5.74) is 2.21. The number of carbonyl (C=O) groups is 1. The minimum atomic E-state index is -0.448. The Morgan fingerprint density at radius 1 is 1.13 bits per heavy atom. The quantitative estimate of drug-likeness (QED) is 0.608. The molecule has 156 valence electrons. The second kappa shape index (κ2) is 8.07. The SMILES string of the molecule is CNC(=O)c1ccc(N2CCN(Cc3cnc4c(=O)n(C)c(=O)[nH]c4c3)CC2)cn1. The summed E-state index contributed by atoms with van der Waals surface area (Å²) in [4.78, 5) is 51.3. The third-order valence-electron chi connectivity index (χ3n) is 5.35. The third kappa shape index (κ3) is 3.81. The number of carbonyl (C=O) groups excluding carboxylic acids is 1. The van der Waals surface area contributed by atoms with Crippen molar-refractivity contribution in [3.63, 3.8) is 0 Å². The molecular formula is C20H23N7O3. The van der Waals surface area contributed by atoms with Crippen molar-refractivity contribution in [3.05, 3.63) is 62.7 Å². The van der Waals surface area contributed by atoms with E-state index in [2.05, 4.69) is 30.1 Å². The molecule has 0 radical (unpaired) electrons. The van der Waals surface area contributed by atoms with Crippen molar-refractivity contribution < 1.29 is 4.79 Å². The molecule has 3 aromatic rings. The minimum absolute atomic E-state index is 0.199. The number of fused-ring (bicyclic) bond motifs is 1. The highest BCUT2D eigenvalue weighted by Crippen LogP contribution is 2.17. The predicted molar refractivity (Wildman–Crippen MR) is 113 cm³/mol.